The van der Waals surface area contributed by atoms with Crippen molar-refractivity contribution < 1.29 is 5.11 Å². The fourth-order valence-corrected chi connectivity index (χ4v) is 1.74. The van der Waals surface area contributed by atoms with Gasteiger partial charge in [0.25, 0.3) is 0 Å². The lowest BCUT2D eigenvalue weighted by Gasteiger charge is -2.29. The van der Waals surface area contributed by atoms with E-state index in [2.05, 4.69) is 39.9 Å². The maximum atomic E-state index is 9.29. The normalized spacial score (nSPS) is 18.2. The second kappa shape index (κ2) is 7.24. The topological polar surface area (TPSA) is 32.3 Å². The molecule has 86 valence electrons. The van der Waals surface area contributed by atoms with Gasteiger partial charge in [-0.1, -0.05) is 41.0 Å². The van der Waals surface area contributed by atoms with Crippen molar-refractivity contribution in [3.8, 4) is 0 Å². The summed E-state index contributed by atoms with van der Waals surface area (Å²) < 4.78 is 0. The van der Waals surface area contributed by atoms with Crippen molar-refractivity contribution in [2.45, 2.75) is 59.5 Å². The van der Waals surface area contributed by atoms with E-state index in [-0.39, 0.29) is 12.6 Å². The van der Waals surface area contributed by atoms with Crippen LogP contribution in [0.1, 0.15) is 47.5 Å². The molecule has 0 spiro atoms. The van der Waals surface area contributed by atoms with Crippen LogP contribution in [0.15, 0.2) is 0 Å². The van der Waals surface area contributed by atoms with E-state index < -0.39 is 0 Å². The first kappa shape index (κ1) is 13.9. The van der Waals surface area contributed by atoms with Crippen LogP contribution in [0.2, 0.25) is 0 Å². The maximum absolute atomic E-state index is 9.29. The predicted octanol–water partition coefficient (Wildman–Crippen LogP) is 2.42. The molecule has 0 aromatic carbocycles. The molecule has 0 aliphatic carbocycles. The number of hydrogen-bond donors (Lipinski definition) is 2. The highest BCUT2D eigenvalue weighted by Gasteiger charge is 2.19. The Kier molecular flexibility index (Phi) is 7.20. The molecular weight excluding hydrogens is 174 g/mol. The fourth-order valence-electron chi connectivity index (χ4n) is 1.74. The summed E-state index contributed by atoms with van der Waals surface area (Å²) in [6.45, 7) is 11.3. The zero-order valence-electron chi connectivity index (χ0n) is 10.4. The van der Waals surface area contributed by atoms with Crippen LogP contribution >= 0.6 is 0 Å². The Bertz CT molecular complexity index is 136. The van der Waals surface area contributed by atoms with E-state index >= 15 is 0 Å². The SMILES string of the molecule is CCC(C)C(CO)NC(CC)C(C)C. The summed E-state index contributed by atoms with van der Waals surface area (Å²) in [6, 6.07) is 0.786. The second-order valence-electron chi connectivity index (χ2n) is 4.60. The van der Waals surface area contributed by atoms with Crippen molar-refractivity contribution >= 4 is 0 Å². The Morgan fingerprint density at radius 1 is 1.00 bits per heavy atom. The predicted molar refractivity (Wildman–Crippen MR) is 62.4 cm³/mol. The Hall–Kier alpha value is -0.0800. The van der Waals surface area contributed by atoms with Gasteiger partial charge in [-0.05, 0) is 18.3 Å². The minimum Gasteiger partial charge on any atom is -0.395 e. The average molecular weight is 201 g/mol. The Labute approximate surface area is 89.1 Å². The van der Waals surface area contributed by atoms with Gasteiger partial charge < -0.3 is 10.4 Å². The van der Waals surface area contributed by atoms with Gasteiger partial charge in [0.15, 0.2) is 0 Å². The fraction of sp³-hybridized carbons (Fsp3) is 1.00. The third-order valence-electron chi connectivity index (χ3n) is 3.20. The van der Waals surface area contributed by atoms with Crippen LogP contribution in [0.3, 0.4) is 0 Å². The summed E-state index contributed by atoms with van der Waals surface area (Å²) in [5.74, 6) is 1.19. The molecule has 0 amide bonds. The number of rotatable bonds is 7. The molecule has 0 heterocycles. The highest BCUT2D eigenvalue weighted by molar-refractivity contribution is 4.78. The molecule has 0 saturated carbocycles. The quantitative estimate of drug-likeness (QED) is 0.663. The third kappa shape index (κ3) is 4.43. The van der Waals surface area contributed by atoms with Gasteiger partial charge in [0, 0.05) is 12.1 Å². The zero-order valence-corrected chi connectivity index (χ0v) is 10.4. The first-order chi connectivity index (χ1) is 6.56. The molecular formula is C12H27NO. The maximum Gasteiger partial charge on any atom is 0.0587 e. The van der Waals surface area contributed by atoms with Gasteiger partial charge in [-0.2, -0.15) is 0 Å². The van der Waals surface area contributed by atoms with E-state index in [0.29, 0.717) is 17.9 Å². The van der Waals surface area contributed by atoms with Gasteiger partial charge in [0.1, 0.15) is 0 Å². The summed E-state index contributed by atoms with van der Waals surface area (Å²) in [5.41, 5.74) is 0. The van der Waals surface area contributed by atoms with Gasteiger partial charge >= 0.3 is 0 Å². The molecule has 0 radical (unpaired) electrons. The minimum atomic E-state index is 0.248. The van der Waals surface area contributed by atoms with Crippen LogP contribution in [-0.2, 0) is 0 Å². The van der Waals surface area contributed by atoms with E-state index in [1.807, 2.05) is 0 Å². The molecule has 14 heavy (non-hydrogen) atoms. The Morgan fingerprint density at radius 2 is 1.57 bits per heavy atom. The van der Waals surface area contributed by atoms with Gasteiger partial charge in [-0.25, -0.2) is 0 Å². The van der Waals surface area contributed by atoms with Crippen LogP contribution in [0.5, 0.6) is 0 Å². The van der Waals surface area contributed by atoms with Crippen molar-refractivity contribution in [1.82, 2.24) is 5.32 Å². The Balaban J connectivity index is 4.13. The van der Waals surface area contributed by atoms with Gasteiger partial charge in [-0.15, -0.1) is 0 Å². The largest absolute Gasteiger partial charge is 0.395 e. The molecule has 0 bridgehead atoms. The van der Waals surface area contributed by atoms with Crippen molar-refractivity contribution in [3.63, 3.8) is 0 Å². The highest BCUT2D eigenvalue weighted by Crippen LogP contribution is 2.12. The zero-order chi connectivity index (χ0) is 11.1. The highest BCUT2D eigenvalue weighted by atomic mass is 16.3. The average Bonchev–Trinajstić information content (AvgIpc) is 2.18. The van der Waals surface area contributed by atoms with Crippen LogP contribution < -0.4 is 5.32 Å². The molecule has 0 rings (SSSR count). The number of hydrogen-bond acceptors (Lipinski definition) is 2. The summed E-state index contributed by atoms with van der Waals surface area (Å²) in [4.78, 5) is 0. The lowest BCUT2D eigenvalue weighted by molar-refractivity contribution is 0.178. The van der Waals surface area contributed by atoms with Gasteiger partial charge in [-0.3, -0.25) is 0 Å². The molecule has 2 nitrogen and oxygen atoms in total. The molecule has 0 aliphatic heterocycles. The van der Waals surface area contributed by atoms with E-state index in [4.69, 9.17) is 0 Å². The first-order valence-corrected chi connectivity index (χ1v) is 5.93. The molecule has 0 fully saturated rings. The molecule has 3 atom stereocenters. The van der Waals surface area contributed by atoms with Crippen molar-refractivity contribution in [2.24, 2.45) is 11.8 Å². The summed E-state index contributed by atoms with van der Waals surface area (Å²) in [7, 11) is 0. The van der Waals surface area contributed by atoms with Crippen LogP contribution in [-0.4, -0.2) is 23.8 Å². The first-order valence-electron chi connectivity index (χ1n) is 5.93. The molecule has 0 aliphatic rings. The van der Waals surface area contributed by atoms with Crippen LogP contribution in [0, 0.1) is 11.8 Å². The smallest absolute Gasteiger partial charge is 0.0587 e. The molecule has 3 unspecified atom stereocenters. The van der Waals surface area contributed by atoms with E-state index in [1.165, 1.54) is 0 Å². The summed E-state index contributed by atoms with van der Waals surface area (Å²) >= 11 is 0. The third-order valence-corrected chi connectivity index (χ3v) is 3.20. The van der Waals surface area contributed by atoms with Crippen LogP contribution in [0.4, 0.5) is 0 Å². The lowest BCUT2D eigenvalue weighted by Crippen LogP contribution is -2.46. The van der Waals surface area contributed by atoms with E-state index in [1.54, 1.807) is 0 Å². The van der Waals surface area contributed by atoms with Gasteiger partial charge in [0.05, 0.1) is 6.61 Å². The monoisotopic (exact) mass is 201 g/mol. The second-order valence-corrected chi connectivity index (χ2v) is 4.60. The summed E-state index contributed by atoms with van der Waals surface area (Å²) in [5, 5.41) is 12.8. The van der Waals surface area contributed by atoms with Crippen molar-refractivity contribution in [2.75, 3.05) is 6.61 Å². The minimum absolute atomic E-state index is 0.248. The van der Waals surface area contributed by atoms with Gasteiger partial charge in [0.2, 0.25) is 0 Å². The molecule has 0 aromatic rings. The molecule has 2 N–H and O–H groups in total. The number of aliphatic hydroxyl groups excluding tert-OH is 1. The van der Waals surface area contributed by atoms with E-state index in [9.17, 15) is 5.11 Å². The molecule has 0 saturated heterocycles. The lowest BCUT2D eigenvalue weighted by atomic mass is 9.95. The molecule has 0 aromatic heterocycles. The standard InChI is InChI=1S/C12H27NO/c1-6-10(5)12(8-14)13-11(7-2)9(3)4/h9-14H,6-8H2,1-5H3. The van der Waals surface area contributed by atoms with E-state index in [0.717, 1.165) is 12.8 Å². The number of aliphatic hydroxyl groups is 1. The van der Waals surface area contributed by atoms with Crippen LogP contribution in [0.25, 0.3) is 0 Å². The summed E-state index contributed by atoms with van der Waals surface area (Å²) in [6.07, 6.45) is 2.25. The Morgan fingerprint density at radius 3 is 1.86 bits per heavy atom. The van der Waals surface area contributed by atoms with Crippen molar-refractivity contribution in [3.05, 3.63) is 0 Å². The van der Waals surface area contributed by atoms with Crippen molar-refractivity contribution in [1.29, 1.82) is 0 Å². The number of nitrogens with one attached hydrogen (secondary N) is 1. The molecule has 2 heteroatoms.